The van der Waals surface area contributed by atoms with Gasteiger partial charge in [-0.2, -0.15) is 0 Å². The molecule has 0 saturated heterocycles. The Hall–Kier alpha value is -2.09. The van der Waals surface area contributed by atoms with Gasteiger partial charge in [-0.05, 0) is 6.07 Å². The fraction of sp³-hybridized carbons (Fsp3) is 0.125. The van der Waals surface area contributed by atoms with Crippen molar-refractivity contribution in [1.82, 2.24) is 0 Å². The summed E-state index contributed by atoms with van der Waals surface area (Å²) in [5, 5.41) is 27.9. The third kappa shape index (κ3) is 2.11. The van der Waals surface area contributed by atoms with E-state index in [9.17, 15) is 23.7 Å². The van der Waals surface area contributed by atoms with Crippen LogP contribution in [0.15, 0.2) is 12.1 Å². The summed E-state index contributed by atoms with van der Waals surface area (Å²) in [4.78, 5) is 19.7. The van der Waals surface area contributed by atoms with Crippen molar-refractivity contribution in [2.24, 2.45) is 0 Å². The number of rotatable bonds is 3. The standard InChI is InChI=1S/C8H5F2NO5/c9-4-1-3(7(12)8(13)14)6(11(15)16)2-5(4)10/h1-2,7,12H,(H,13,14). The fourth-order valence-corrected chi connectivity index (χ4v) is 1.06. The second kappa shape index (κ2) is 4.19. The van der Waals surface area contributed by atoms with Gasteiger partial charge in [0.15, 0.2) is 17.7 Å². The van der Waals surface area contributed by atoms with Gasteiger partial charge in [-0.15, -0.1) is 0 Å². The minimum Gasteiger partial charge on any atom is -0.479 e. The van der Waals surface area contributed by atoms with Crippen LogP contribution in [0.3, 0.4) is 0 Å². The van der Waals surface area contributed by atoms with E-state index in [0.29, 0.717) is 0 Å². The molecule has 0 aromatic heterocycles. The molecule has 0 aliphatic heterocycles. The van der Waals surface area contributed by atoms with Crippen LogP contribution < -0.4 is 0 Å². The molecule has 1 aromatic rings. The lowest BCUT2D eigenvalue weighted by Gasteiger charge is -2.06. The van der Waals surface area contributed by atoms with Gasteiger partial charge in [-0.3, -0.25) is 10.1 Å². The third-order valence-electron chi connectivity index (χ3n) is 1.79. The molecule has 0 bridgehead atoms. The van der Waals surface area contributed by atoms with Crippen molar-refractivity contribution in [3.05, 3.63) is 39.4 Å². The number of benzene rings is 1. The number of hydrogen-bond acceptors (Lipinski definition) is 4. The molecule has 0 radical (unpaired) electrons. The van der Waals surface area contributed by atoms with E-state index in [4.69, 9.17) is 10.2 Å². The van der Waals surface area contributed by atoms with E-state index < -0.39 is 39.9 Å². The second-order valence-electron chi connectivity index (χ2n) is 2.82. The molecule has 0 heterocycles. The molecule has 0 spiro atoms. The minimum absolute atomic E-state index is 0.219. The number of carbonyl (C=O) groups is 1. The Balaban J connectivity index is 3.41. The molecule has 0 aliphatic rings. The van der Waals surface area contributed by atoms with Crippen molar-refractivity contribution < 1.29 is 28.7 Å². The highest BCUT2D eigenvalue weighted by atomic mass is 19.2. The molecule has 0 saturated carbocycles. The molecule has 6 nitrogen and oxygen atoms in total. The number of nitro groups is 1. The smallest absolute Gasteiger partial charge is 0.337 e. The van der Waals surface area contributed by atoms with Gasteiger partial charge in [0.2, 0.25) is 0 Å². The van der Waals surface area contributed by atoms with Crippen LogP contribution in [0.4, 0.5) is 14.5 Å². The van der Waals surface area contributed by atoms with Crippen molar-refractivity contribution in [2.45, 2.75) is 6.10 Å². The maximum Gasteiger partial charge on any atom is 0.337 e. The molecule has 0 amide bonds. The van der Waals surface area contributed by atoms with E-state index in [2.05, 4.69) is 0 Å². The summed E-state index contributed by atoms with van der Waals surface area (Å²) in [6.07, 6.45) is -2.28. The van der Waals surface area contributed by atoms with Crippen LogP contribution in [0.2, 0.25) is 0 Å². The first kappa shape index (κ1) is 12.0. The Morgan fingerprint density at radius 2 is 1.88 bits per heavy atom. The van der Waals surface area contributed by atoms with Crippen molar-refractivity contribution >= 4 is 11.7 Å². The van der Waals surface area contributed by atoms with Gasteiger partial charge in [-0.1, -0.05) is 0 Å². The van der Waals surface area contributed by atoms with Crippen LogP contribution >= 0.6 is 0 Å². The van der Waals surface area contributed by atoms with E-state index in [0.717, 1.165) is 0 Å². The molecule has 8 heteroatoms. The molecule has 1 unspecified atom stereocenters. The van der Waals surface area contributed by atoms with Crippen molar-refractivity contribution in [3.63, 3.8) is 0 Å². The summed E-state index contributed by atoms with van der Waals surface area (Å²) >= 11 is 0. The number of halogens is 2. The zero-order chi connectivity index (χ0) is 12.5. The largest absolute Gasteiger partial charge is 0.479 e. The molecule has 1 atom stereocenters. The third-order valence-corrected chi connectivity index (χ3v) is 1.79. The molecule has 86 valence electrons. The zero-order valence-corrected chi connectivity index (χ0v) is 7.55. The van der Waals surface area contributed by atoms with Gasteiger partial charge in [0.25, 0.3) is 5.69 Å². The van der Waals surface area contributed by atoms with Crippen molar-refractivity contribution in [2.75, 3.05) is 0 Å². The van der Waals surface area contributed by atoms with Crippen molar-refractivity contribution in [1.29, 1.82) is 0 Å². The van der Waals surface area contributed by atoms with Crippen LogP contribution in [0.25, 0.3) is 0 Å². The van der Waals surface area contributed by atoms with Crippen LogP contribution in [-0.4, -0.2) is 21.1 Å². The van der Waals surface area contributed by atoms with E-state index in [1.54, 1.807) is 0 Å². The van der Waals surface area contributed by atoms with Crippen LogP contribution in [-0.2, 0) is 4.79 Å². The maximum absolute atomic E-state index is 12.7. The van der Waals surface area contributed by atoms with Gasteiger partial charge in [-0.25, -0.2) is 13.6 Å². The lowest BCUT2D eigenvalue weighted by atomic mass is 10.1. The number of hydrogen-bond donors (Lipinski definition) is 2. The number of carboxylic acids is 1. The molecule has 0 aliphatic carbocycles. The lowest BCUT2D eigenvalue weighted by Crippen LogP contribution is -2.13. The number of nitrogens with zero attached hydrogens (tertiary/aromatic N) is 1. The van der Waals surface area contributed by atoms with Crippen LogP contribution in [0.5, 0.6) is 0 Å². The molecular formula is C8H5F2NO5. The SMILES string of the molecule is O=C(O)C(O)c1cc(F)c(F)cc1[N+](=O)[O-]. The normalized spacial score (nSPS) is 12.2. The molecule has 1 aromatic carbocycles. The Labute approximate surface area is 86.9 Å². The number of carboxylic acid groups (broad SMARTS) is 1. The summed E-state index contributed by atoms with van der Waals surface area (Å²) < 4.78 is 25.4. The summed E-state index contributed by atoms with van der Waals surface area (Å²) in [7, 11) is 0. The number of nitro benzene ring substituents is 1. The zero-order valence-electron chi connectivity index (χ0n) is 7.55. The Morgan fingerprint density at radius 1 is 1.38 bits per heavy atom. The molecule has 16 heavy (non-hydrogen) atoms. The topological polar surface area (TPSA) is 101 Å². The summed E-state index contributed by atoms with van der Waals surface area (Å²) in [5.74, 6) is -4.76. The Kier molecular flexibility index (Phi) is 3.14. The second-order valence-corrected chi connectivity index (χ2v) is 2.82. The predicted molar refractivity (Wildman–Crippen MR) is 45.6 cm³/mol. The van der Waals surface area contributed by atoms with E-state index >= 15 is 0 Å². The predicted octanol–water partition coefficient (Wildman–Crippen LogP) is 0.991. The quantitative estimate of drug-likeness (QED) is 0.598. The molecular weight excluding hydrogens is 228 g/mol. The monoisotopic (exact) mass is 233 g/mol. The average Bonchev–Trinajstić information content (AvgIpc) is 2.19. The van der Waals surface area contributed by atoms with Crippen molar-refractivity contribution in [3.8, 4) is 0 Å². The summed E-state index contributed by atoms with van der Waals surface area (Å²) in [5.41, 5.74) is -1.80. The van der Waals surface area contributed by atoms with Gasteiger partial charge in [0, 0.05) is 0 Å². The average molecular weight is 233 g/mol. The Morgan fingerprint density at radius 3 is 2.31 bits per heavy atom. The van der Waals surface area contributed by atoms with Gasteiger partial charge < -0.3 is 10.2 Å². The van der Waals surface area contributed by atoms with Crippen LogP contribution in [0, 0.1) is 21.7 Å². The van der Waals surface area contributed by atoms with Gasteiger partial charge in [0.1, 0.15) is 0 Å². The highest BCUT2D eigenvalue weighted by Gasteiger charge is 2.28. The molecule has 0 fully saturated rings. The van der Waals surface area contributed by atoms with E-state index in [1.807, 2.05) is 0 Å². The van der Waals surface area contributed by atoms with Crippen LogP contribution in [0.1, 0.15) is 11.7 Å². The highest BCUT2D eigenvalue weighted by molar-refractivity contribution is 5.75. The molecule has 1 rings (SSSR count). The van der Waals surface area contributed by atoms with E-state index in [1.165, 1.54) is 0 Å². The first-order valence-electron chi connectivity index (χ1n) is 3.88. The minimum atomic E-state index is -2.28. The maximum atomic E-state index is 12.7. The molecule has 2 N–H and O–H groups in total. The van der Waals surface area contributed by atoms with Gasteiger partial charge in [0.05, 0.1) is 16.6 Å². The number of aliphatic hydroxyl groups is 1. The first-order valence-corrected chi connectivity index (χ1v) is 3.88. The van der Waals surface area contributed by atoms with E-state index in [-0.39, 0.29) is 12.1 Å². The highest BCUT2D eigenvalue weighted by Crippen LogP contribution is 2.27. The van der Waals surface area contributed by atoms with Gasteiger partial charge >= 0.3 is 5.97 Å². The summed E-state index contributed by atoms with van der Waals surface area (Å²) in [6, 6.07) is 0.503. The summed E-state index contributed by atoms with van der Waals surface area (Å²) in [6.45, 7) is 0. The lowest BCUT2D eigenvalue weighted by molar-refractivity contribution is -0.386. The first-order chi connectivity index (χ1) is 7.34. The fourth-order valence-electron chi connectivity index (χ4n) is 1.06. The Bertz CT molecular complexity index is 462. The number of aliphatic hydroxyl groups excluding tert-OH is 1. The number of aliphatic carboxylic acids is 1.